The number of aromatic hydroxyl groups is 2. The molecule has 0 aromatic heterocycles. The van der Waals surface area contributed by atoms with Gasteiger partial charge in [0.2, 0.25) is 5.91 Å². The van der Waals surface area contributed by atoms with E-state index < -0.39 is 0 Å². The van der Waals surface area contributed by atoms with E-state index in [1.165, 1.54) is 18.2 Å². The topological polar surface area (TPSA) is 81.6 Å². The highest BCUT2D eigenvalue weighted by Gasteiger charge is 2.14. The van der Waals surface area contributed by atoms with Gasteiger partial charge in [-0.3, -0.25) is 4.79 Å². The minimum absolute atomic E-state index is 0.0164. The van der Waals surface area contributed by atoms with Gasteiger partial charge in [-0.05, 0) is 45.9 Å². The van der Waals surface area contributed by atoms with Crippen molar-refractivity contribution in [2.24, 2.45) is 0 Å². The molecule has 112 valence electrons. The molecule has 0 heterocycles. The van der Waals surface area contributed by atoms with E-state index in [-0.39, 0.29) is 29.0 Å². The van der Waals surface area contributed by atoms with Crippen molar-refractivity contribution in [3.8, 4) is 11.5 Å². The Kier molecular flexibility index (Phi) is 5.39. The third-order valence-electron chi connectivity index (χ3n) is 2.79. The molecule has 1 unspecified atom stereocenters. The Bertz CT molecular complexity index is 467. The summed E-state index contributed by atoms with van der Waals surface area (Å²) >= 11 is 0. The zero-order valence-electron chi connectivity index (χ0n) is 12.5. The average molecular weight is 280 g/mol. The first-order chi connectivity index (χ1) is 9.19. The Morgan fingerprint density at radius 2 is 1.95 bits per heavy atom. The number of phenols is 2. The Labute approximate surface area is 120 Å². The van der Waals surface area contributed by atoms with Gasteiger partial charge in [0.1, 0.15) is 11.5 Å². The van der Waals surface area contributed by atoms with E-state index in [1.54, 1.807) is 0 Å². The zero-order chi connectivity index (χ0) is 15.3. The molecule has 1 rings (SSSR count). The number of nitrogens with one attached hydrogen (secondary N) is 2. The van der Waals surface area contributed by atoms with Gasteiger partial charge >= 0.3 is 0 Å². The summed E-state index contributed by atoms with van der Waals surface area (Å²) in [4.78, 5) is 11.7. The van der Waals surface area contributed by atoms with Crippen LogP contribution in [0, 0.1) is 0 Å². The van der Waals surface area contributed by atoms with Crippen molar-refractivity contribution in [2.45, 2.75) is 45.7 Å². The largest absolute Gasteiger partial charge is 0.508 e. The van der Waals surface area contributed by atoms with Crippen molar-refractivity contribution < 1.29 is 15.0 Å². The smallest absolute Gasteiger partial charge is 0.221 e. The average Bonchev–Trinajstić information content (AvgIpc) is 2.29. The molecule has 5 nitrogen and oxygen atoms in total. The van der Waals surface area contributed by atoms with Gasteiger partial charge < -0.3 is 20.8 Å². The number of hydrogen-bond donors (Lipinski definition) is 4. The highest BCUT2D eigenvalue weighted by Crippen LogP contribution is 2.27. The maximum absolute atomic E-state index is 11.7. The first kappa shape index (κ1) is 16.3. The van der Waals surface area contributed by atoms with Crippen LogP contribution in [0.15, 0.2) is 18.2 Å². The summed E-state index contributed by atoms with van der Waals surface area (Å²) < 4.78 is 0. The number of hydrogen-bond acceptors (Lipinski definition) is 4. The number of benzene rings is 1. The van der Waals surface area contributed by atoms with Crippen LogP contribution >= 0.6 is 0 Å². The van der Waals surface area contributed by atoms with Crippen LogP contribution in [0.1, 0.15) is 45.7 Å². The van der Waals surface area contributed by atoms with E-state index in [9.17, 15) is 15.0 Å². The molecule has 1 amide bonds. The highest BCUT2D eigenvalue weighted by atomic mass is 16.3. The molecule has 5 heteroatoms. The first-order valence-electron chi connectivity index (χ1n) is 6.75. The number of carbonyl (C=O) groups excluding carboxylic acids is 1. The van der Waals surface area contributed by atoms with Gasteiger partial charge in [-0.15, -0.1) is 0 Å². The first-order valence-corrected chi connectivity index (χ1v) is 6.75. The SMILES string of the molecule is CC(NCCC(=O)NC(C)(C)C)c1cc(O)ccc1O. The molecule has 0 saturated heterocycles. The second-order valence-corrected chi connectivity index (χ2v) is 5.97. The summed E-state index contributed by atoms with van der Waals surface area (Å²) in [5, 5.41) is 25.2. The van der Waals surface area contributed by atoms with E-state index in [1.807, 2.05) is 27.7 Å². The highest BCUT2D eigenvalue weighted by molar-refractivity contribution is 5.76. The molecule has 1 atom stereocenters. The summed E-state index contributed by atoms with van der Waals surface area (Å²) in [5.41, 5.74) is 0.382. The molecule has 0 aliphatic heterocycles. The van der Waals surface area contributed by atoms with Crippen LogP contribution in [0.25, 0.3) is 0 Å². The second-order valence-electron chi connectivity index (χ2n) is 5.97. The maximum atomic E-state index is 11.7. The number of carbonyl (C=O) groups is 1. The maximum Gasteiger partial charge on any atom is 0.221 e. The van der Waals surface area contributed by atoms with Crippen molar-refractivity contribution in [3.05, 3.63) is 23.8 Å². The summed E-state index contributed by atoms with van der Waals surface area (Å²) in [6.45, 7) is 8.18. The minimum Gasteiger partial charge on any atom is -0.508 e. The van der Waals surface area contributed by atoms with Crippen molar-refractivity contribution in [1.82, 2.24) is 10.6 Å². The van der Waals surface area contributed by atoms with Gasteiger partial charge in [0.15, 0.2) is 0 Å². The summed E-state index contributed by atoms with van der Waals surface area (Å²) in [6, 6.07) is 4.25. The lowest BCUT2D eigenvalue weighted by atomic mass is 10.1. The van der Waals surface area contributed by atoms with Crippen LogP contribution in [0.3, 0.4) is 0 Å². The molecule has 4 N–H and O–H groups in total. The van der Waals surface area contributed by atoms with Crippen LogP contribution < -0.4 is 10.6 Å². The van der Waals surface area contributed by atoms with Gasteiger partial charge in [0.25, 0.3) is 0 Å². The Morgan fingerprint density at radius 1 is 1.30 bits per heavy atom. The van der Waals surface area contributed by atoms with Crippen molar-refractivity contribution in [3.63, 3.8) is 0 Å². The van der Waals surface area contributed by atoms with E-state index in [0.29, 0.717) is 18.5 Å². The van der Waals surface area contributed by atoms with Gasteiger partial charge in [-0.1, -0.05) is 0 Å². The molecule has 0 spiro atoms. The third kappa shape index (κ3) is 5.48. The van der Waals surface area contributed by atoms with Crippen LogP contribution in [0.5, 0.6) is 11.5 Å². The quantitative estimate of drug-likeness (QED) is 0.622. The fourth-order valence-corrected chi connectivity index (χ4v) is 1.88. The fourth-order valence-electron chi connectivity index (χ4n) is 1.88. The molecule has 0 fully saturated rings. The number of phenolic OH excluding ortho intramolecular Hbond substituents is 2. The Hall–Kier alpha value is -1.75. The van der Waals surface area contributed by atoms with Crippen molar-refractivity contribution in [2.75, 3.05) is 6.54 Å². The lowest BCUT2D eigenvalue weighted by Gasteiger charge is -2.21. The Balaban J connectivity index is 2.46. The van der Waals surface area contributed by atoms with Gasteiger partial charge in [0.05, 0.1) is 0 Å². The summed E-state index contributed by atoms with van der Waals surface area (Å²) in [7, 11) is 0. The molecule has 0 aliphatic carbocycles. The van der Waals surface area contributed by atoms with E-state index in [2.05, 4.69) is 10.6 Å². The zero-order valence-corrected chi connectivity index (χ0v) is 12.5. The molecule has 20 heavy (non-hydrogen) atoms. The van der Waals surface area contributed by atoms with Crippen molar-refractivity contribution in [1.29, 1.82) is 0 Å². The fraction of sp³-hybridized carbons (Fsp3) is 0.533. The minimum atomic E-state index is -0.230. The monoisotopic (exact) mass is 280 g/mol. The molecule has 1 aromatic carbocycles. The van der Waals surface area contributed by atoms with Crippen molar-refractivity contribution >= 4 is 5.91 Å². The van der Waals surface area contributed by atoms with Crippen LogP contribution in [-0.4, -0.2) is 28.2 Å². The molecule has 1 aromatic rings. The molecule has 0 radical (unpaired) electrons. The van der Waals surface area contributed by atoms with Gasteiger partial charge in [-0.2, -0.15) is 0 Å². The molecule has 0 bridgehead atoms. The lowest BCUT2D eigenvalue weighted by Crippen LogP contribution is -2.41. The van der Waals surface area contributed by atoms with Crippen LogP contribution in [0.4, 0.5) is 0 Å². The molecule has 0 saturated carbocycles. The molecule has 0 aliphatic rings. The van der Waals surface area contributed by atoms with Crippen LogP contribution in [0.2, 0.25) is 0 Å². The van der Waals surface area contributed by atoms with Gasteiger partial charge in [-0.25, -0.2) is 0 Å². The van der Waals surface area contributed by atoms with E-state index in [0.717, 1.165) is 0 Å². The summed E-state index contributed by atoms with van der Waals surface area (Å²) in [6.07, 6.45) is 0.362. The second kappa shape index (κ2) is 6.61. The molecular formula is C15H24N2O3. The summed E-state index contributed by atoms with van der Waals surface area (Å²) in [5.74, 6) is 0.219. The Morgan fingerprint density at radius 3 is 2.55 bits per heavy atom. The predicted octanol–water partition coefficient (Wildman–Crippen LogP) is 2.05. The third-order valence-corrected chi connectivity index (χ3v) is 2.79. The standard InChI is InChI=1S/C15H24N2O3/c1-10(12-9-11(18)5-6-13(12)19)16-8-7-14(20)17-15(2,3)4/h5-6,9-10,16,18-19H,7-8H2,1-4H3,(H,17,20). The molecular weight excluding hydrogens is 256 g/mol. The predicted molar refractivity (Wildman–Crippen MR) is 78.7 cm³/mol. The number of rotatable bonds is 5. The van der Waals surface area contributed by atoms with E-state index >= 15 is 0 Å². The lowest BCUT2D eigenvalue weighted by molar-refractivity contribution is -0.122. The normalized spacial score (nSPS) is 13.0. The van der Waals surface area contributed by atoms with E-state index in [4.69, 9.17) is 0 Å². The van der Waals surface area contributed by atoms with Gasteiger partial charge in [0, 0.05) is 30.1 Å². The van der Waals surface area contributed by atoms with Crippen LogP contribution in [-0.2, 0) is 4.79 Å². The number of amides is 1.